The normalized spacial score (nSPS) is 13.8. The maximum atomic E-state index is 12.2. The van der Waals surface area contributed by atoms with Crippen LogP contribution in [-0.4, -0.2) is 45.1 Å². The smallest absolute Gasteiger partial charge is 0.407 e. The van der Waals surface area contributed by atoms with Crippen molar-refractivity contribution in [3.05, 3.63) is 35.9 Å². The van der Waals surface area contributed by atoms with Crippen molar-refractivity contribution in [3.63, 3.8) is 0 Å². The molecule has 0 radical (unpaired) electrons. The predicted octanol–water partition coefficient (Wildman–Crippen LogP) is 3.09. The molecule has 7 heteroatoms. The van der Waals surface area contributed by atoms with Gasteiger partial charge in [-0.25, -0.2) is 9.86 Å². The molecule has 3 N–H and O–H groups in total. The van der Waals surface area contributed by atoms with Gasteiger partial charge in [0.15, 0.2) is 0 Å². The Morgan fingerprint density at radius 3 is 2.30 bits per heavy atom. The minimum atomic E-state index is -1.14. The zero-order valence-corrected chi connectivity index (χ0v) is 16.8. The first-order chi connectivity index (χ1) is 12.5. The van der Waals surface area contributed by atoms with E-state index in [0.717, 1.165) is 5.56 Å². The number of hydrogen-bond acceptors (Lipinski definition) is 5. The van der Waals surface area contributed by atoms with Gasteiger partial charge in [0.25, 0.3) is 0 Å². The number of hydroxylamine groups is 2. The highest BCUT2D eigenvalue weighted by Gasteiger charge is 2.28. The third kappa shape index (κ3) is 9.40. The third-order valence-electron chi connectivity index (χ3n) is 3.74. The Morgan fingerprint density at radius 1 is 1.19 bits per heavy atom. The van der Waals surface area contributed by atoms with Crippen molar-refractivity contribution >= 4 is 12.0 Å². The highest BCUT2D eigenvalue weighted by atomic mass is 16.6. The van der Waals surface area contributed by atoms with Crippen molar-refractivity contribution in [3.8, 4) is 0 Å². The molecule has 0 aliphatic heterocycles. The SMILES string of the molecule is CC(C)C[C@H](NC(=O)OC(C)(C)C)[C@H](O)CC(=O)N(O)Cc1ccccc1. The van der Waals surface area contributed by atoms with Gasteiger partial charge >= 0.3 is 6.09 Å². The Kier molecular flexibility index (Phi) is 8.72. The molecule has 0 bridgehead atoms. The van der Waals surface area contributed by atoms with Crippen molar-refractivity contribution in [2.75, 3.05) is 0 Å². The fourth-order valence-electron chi connectivity index (χ4n) is 2.55. The number of amides is 2. The van der Waals surface area contributed by atoms with Crippen molar-refractivity contribution in [1.82, 2.24) is 10.4 Å². The van der Waals surface area contributed by atoms with Gasteiger partial charge in [-0.05, 0) is 38.7 Å². The highest BCUT2D eigenvalue weighted by molar-refractivity contribution is 5.75. The number of carbonyl (C=O) groups excluding carboxylic acids is 2. The summed E-state index contributed by atoms with van der Waals surface area (Å²) in [5.41, 5.74) is 0.110. The predicted molar refractivity (Wildman–Crippen MR) is 102 cm³/mol. The molecular weight excluding hydrogens is 348 g/mol. The molecule has 0 aliphatic carbocycles. The average molecular weight is 380 g/mol. The minimum absolute atomic E-state index is 0.0285. The number of carbonyl (C=O) groups is 2. The number of rotatable bonds is 8. The number of aliphatic hydroxyl groups excluding tert-OH is 1. The summed E-state index contributed by atoms with van der Waals surface area (Å²) in [4.78, 5) is 24.3. The lowest BCUT2D eigenvalue weighted by molar-refractivity contribution is -0.170. The standard InChI is InChI=1S/C20H32N2O5/c1-14(2)11-16(21-19(25)27-20(3,4)5)17(23)12-18(24)22(26)13-15-9-7-6-8-10-15/h6-10,14,16-17,23,26H,11-13H2,1-5H3,(H,21,25)/t16-,17+/m0/s1. The summed E-state index contributed by atoms with van der Waals surface area (Å²) in [5, 5.41) is 23.7. The molecule has 27 heavy (non-hydrogen) atoms. The molecular formula is C20H32N2O5. The molecule has 1 aromatic carbocycles. The van der Waals surface area contributed by atoms with Gasteiger partial charge in [0.2, 0.25) is 5.91 Å². The van der Waals surface area contributed by atoms with Gasteiger partial charge in [0.05, 0.1) is 25.1 Å². The minimum Gasteiger partial charge on any atom is -0.444 e. The van der Waals surface area contributed by atoms with Crippen LogP contribution in [0.4, 0.5) is 4.79 Å². The van der Waals surface area contributed by atoms with Crippen LogP contribution in [0.25, 0.3) is 0 Å². The first-order valence-corrected chi connectivity index (χ1v) is 9.18. The summed E-state index contributed by atoms with van der Waals surface area (Å²) in [7, 11) is 0. The van der Waals surface area contributed by atoms with Gasteiger partial charge in [-0.3, -0.25) is 10.0 Å². The fourth-order valence-corrected chi connectivity index (χ4v) is 2.55. The van der Waals surface area contributed by atoms with Crippen LogP contribution in [0, 0.1) is 5.92 Å². The summed E-state index contributed by atoms with van der Waals surface area (Å²) in [6.07, 6.45) is -1.63. The van der Waals surface area contributed by atoms with Crippen LogP contribution in [0.5, 0.6) is 0 Å². The number of nitrogens with one attached hydrogen (secondary N) is 1. The number of nitrogens with zero attached hydrogens (tertiary/aromatic N) is 1. The Bertz CT molecular complexity index is 598. The number of hydrogen-bond donors (Lipinski definition) is 3. The zero-order valence-electron chi connectivity index (χ0n) is 16.8. The fraction of sp³-hybridized carbons (Fsp3) is 0.600. The molecule has 0 unspecified atom stereocenters. The van der Waals surface area contributed by atoms with Gasteiger partial charge in [0, 0.05) is 0 Å². The van der Waals surface area contributed by atoms with E-state index in [-0.39, 0.29) is 18.9 Å². The maximum Gasteiger partial charge on any atom is 0.407 e. The molecule has 1 rings (SSSR count). The van der Waals surface area contributed by atoms with E-state index in [4.69, 9.17) is 4.74 Å². The van der Waals surface area contributed by atoms with Crippen LogP contribution >= 0.6 is 0 Å². The number of ether oxygens (including phenoxy) is 1. The highest BCUT2D eigenvalue weighted by Crippen LogP contribution is 2.14. The molecule has 0 fully saturated rings. The van der Waals surface area contributed by atoms with Gasteiger partial charge in [-0.15, -0.1) is 0 Å². The average Bonchev–Trinajstić information content (AvgIpc) is 2.52. The monoisotopic (exact) mass is 380 g/mol. The van der Waals surface area contributed by atoms with Gasteiger partial charge < -0.3 is 15.2 Å². The maximum absolute atomic E-state index is 12.2. The summed E-state index contributed by atoms with van der Waals surface area (Å²) < 4.78 is 5.23. The van der Waals surface area contributed by atoms with Gasteiger partial charge in [0.1, 0.15) is 5.60 Å². The van der Waals surface area contributed by atoms with Crippen molar-refractivity contribution in [2.45, 2.75) is 71.8 Å². The molecule has 0 aromatic heterocycles. The van der Waals surface area contributed by atoms with Crippen LogP contribution in [0.2, 0.25) is 0 Å². The lowest BCUT2D eigenvalue weighted by Crippen LogP contribution is -2.47. The van der Waals surface area contributed by atoms with Crippen LogP contribution in [-0.2, 0) is 16.1 Å². The van der Waals surface area contributed by atoms with E-state index < -0.39 is 29.7 Å². The molecule has 0 heterocycles. The van der Waals surface area contributed by atoms with Crippen LogP contribution in [0.1, 0.15) is 53.0 Å². The summed E-state index contributed by atoms with van der Waals surface area (Å²) in [6.45, 7) is 9.17. The van der Waals surface area contributed by atoms with E-state index in [1.807, 2.05) is 32.0 Å². The second kappa shape index (κ2) is 10.3. The molecule has 1 aromatic rings. The van der Waals surface area contributed by atoms with E-state index >= 15 is 0 Å². The Labute approximate surface area is 161 Å². The molecule has 0 aliphatic rings. The van der Waals surface area contributed by atoms with Crippen molar-refractivity contribution in [2.24, 2.45) is 5.92 Å². The molecule has 2 amide bonds. The van der Waals surface area contributed by atoms with Crippen LogP contribution in [0.3, 0.4) is 0 Å². The van der Waals surface area contributed by atoms with Gasteiger partial charge in [-0.1, -0.05) is 44.2 Å². The summed E-state index contributed by atoms with van der Waals surface area (Å²) in [5.74, 6) is -0.435. The second-order valence-electron chi connectivity index (χ2n) is 8.09. The summed E-state index contributed by atoms with van der Waals surface area (Å²) in [6, 6.07) is 8.39. The van der Waals surface area contributed by atoms with Crippen molar-refractivity contribution in [1.29, 1.82) is 0 Å². The third-order valence-corrected chi connectivity index (χ3v) is 3.74. The van der Waals surface area contributed by atoms with Crippen molar-refractivity contribution < 1.29 is 24.6 Å². The van der Waals surface area contributed by atoms with Crippen LogP contribution in [0.15, 0.2) is 30.3 Å². The first kappa shape index (κ1) is 22.9. The molecule has 7 nitrogen and oxygen atoms in total. The molecule has 0 spiro atoms. The lowest BCUT2D eigenvalue weighted by atomic mass is 9.97. The number of aliphatic hydroxyl groups is 1. The molecule has 152 valence electrons. The van der Waals surface area contributed by atoms with E-state index in [1.165, 1.54) is 0 Å². The second-order valence-corrected chi connectivity index (χ2v) is 8.09. The molecule has 2 atom stereocenters. The zero-order chi connectivity index (χ0) is 20.6. The molecule has 0 saturated carbocycles. The van der Waals surface area contributed by atoms with Crippen LogP contribution < -0.4 is 5.32 Å². The van der Waals surface area contributed by atoms with E-state index in [9.17, 15) is 19.9 Å². The Morgan fingerprint density at radius 2 is 1.78 bits per heavy atom. The first-order valence-electron chi connectivity index (χ1n) is 9.18. The van der Waals surface area contributed by atoms with E-state index in [0.29, 0.717) is 11.5 Å². The quantitative estimate of drug-likeness (QED) is 0.475. The topological polar surface area (TPSA) is 99.1 Å². The molecule has 0 saturated heterocycles. The summed E-state index contributed by atoms with van der Waals surface area (Å²) >= 11 is 0. The van der Waals surface area contributed by atoms with Gasteiger partial charge in [-0.2, -0.15) is 0 Å². The number of alkyl carbamates (subject to hydrolysis) is 1. The largest absolute Gasteiger partial charge is 0.444 e. The Balaban J connectivity index is 2.67. The lowest BCUT2D eigenvalue weighted by Gasteiger charge is -2.28. The van der Waals surface area contributed by atoms with E-state index in [2.05, 4.69) is 5.32 Å². The van der Waals surface area contributed by atoms with E-state index in [1.54, 1.807) is 32.9 Å². The number of benzene rings is 1. The Hall–Kier alpha value is -2.12.